The number of rotatable bonds is 5. The second-order valence-corrected chi connectivity index (χ2v) is 5.99. The van der Waals surface area contributed by atoms with Crippen LogP contribution in [0.2, 0.25) is 5.02 Å². The van der Waals surface area contributed by atoms with Crippen LogP contribution in [0.15, 0.2) is 39.5 Å². The molecule has 0 aliphatic carbocycles. The molecule has 5 heteroatoms. The molecule has 1 aromatic heterocycles. The van der Waals surface area contributed by atoms with Gasteiger partial charge in [0, 0.05) is 17.6 Å². The molecule has 96 valence electrons. The first kappa shape index (κ1) is 14.0. The van der Waals surface area contributed by atoms with Crippen molar-refractivity contribution in [3.05, 3.63) is 55.6 Å². The molecule has 1 atom stereocenters. The maximum absolute atomic E-state index is 9.90. The van der Waals surface area contributed by atoms with Crippen molar-refractivity contribution >= 4 is 38.9 Å². The van der Waals surface area contributed by atoms with Gasteiger partial charge in [-0.3, -0.25) is 0 Å². The van der Waals surface area contributed by atoms with Crippen molar-refractivity contribution in [2.45, 2.75) is 12.6 Å². The normalized spacial score (nSPS) is 12.6. The minimum Gasteiger partial charge on any atom is -0.387 e. The van der Waals surface area contributed by atoms with Gasteiger partial charge in [0.05, 0.1) is 11.1 Å². The predicted molar refractivity (Wildman–Crippen MR) is 80.1 cm³/mol. The summed E-state index contributed by atoms with van der Waals surface area (Å²) in [6.45, 7) is 1.24. The van der Waals surface area contributed by atoms with Gasteiger partial charge in [-0.1, -0.05) is 17.7 Å². The molecule has 0 aliphatic heterocycles. The van der Waals surface area contributed by atoms with E-state index in [0.717, 1.165) is 15.6 Å². The van der Waals surface area contributed by atoms with Gasteiger partial charge >= 0.3 is 0 Å². The quantitative estimate of drug-likeness (QED) is 0.858. The molecule has 0 saturated heterocycles. The minimum absolute atomic E-state index is 0.452. The second kappa shape index (κ2) is 6.68. The van der Waals surface area contributed by atoms with Crippen LogP contribution >= 0.6 is 38.9 Å². The van der Waals surface area contributed by atoms with Crippen molar-refractivity contribution in [3.8, 4) is 0 Å². The third-order valence-corrected chi connectivity index (χ3v) is 4.49. The minimum atomic E-state index is -0.452. The van der Waals surface area contributed by atoms with Crippen LogP contribution in [0.5, 0.6) is 0 Å². The van der Waals surface area contributed by atoms with Crippen LogP contribution in [-0.2, 0) is 6.54 Å². The Morgan fingerprint density at radius 1 is 1.39 bits per heavy atom. The van der Waals surface area contributed by atoms with Gasteiger partial charge in [-0.2, -0.15) is 11.3 Å². The summed E-state index contributed by atoms with van der Waals surface area (Å²) in [5.41, 5.74) is 2.09. The molecule has 2 aromatic rings. The highest BCUT2D eigenvalue weighted by Gasteiger charge is 2.07. The van der Waals surface area contributed by atoms with E-state index in [1.165, 1.54) is 0 Å². The fourth-order valence-corrected chi connectivity index (χ4v) is 2.84. The van der Waals surface area contributed by atoms with Crippen LogP contribution in [-0.4, -0.2) is 11.7 Å². The van der Waals surface area contributed by atoms with E-state index in [2.05, 4.69) is 21.2 Å². The van der Waals surface area contributed by atoms with Gasteiger partial charge < -0.3 is 10.4 Å². The van der Waals surface area contributed by atoms with Crippen molar-refractivity contribution in [2.75, 3.05) is 6.54 Å². The Hall–Kier alpha value is -0.390. The number of aliphatic hydroxyl groups is 1. The topological polar surface area (TPSA) is 32.3 Å². The Bertz CT molecular complexity index is 504. The Balaban J connectivity index is 1.83. The highest BCUT2D eigenvalue weighted by Crippen LogP contribution is 2.23. The molecule has 1 heterocycles. The molecule has 2 rings (SSSR count). The molecule has 1 aromatic carbocycles. The summed E-state index contributed by atoms with van der Waals surface area (Å²) in [7, 11) is 0. The summed E-state index contributed by atoms with van der Waals surface area (Å²) in [6, 6.07) is 7.75. The molecule has 0 aliphatic rings. The fraction of sp³-hybridized carbons (Fsp3) is 0.231. The lowest BCUT2D eigenvalue weighted by Gasteiger charge is -2.11. The summed E-state index contributed by atoms with van der Waals surface area (Å²) in [5.74, 6) is 0. The van der Waals surface area contributed by atoms with E-state index in [-0.39, 0.29) is 0 Å². The van der Waals surface area contributed by atoms with Crippen LogP contribution < -0.4 is 5.32 Å². The molecule has 0 radical (unpaired) electrons. The number of hydrogen-bond donors (Lipinski definition) is 2. The van der Waals surface area contributed by atoms with Gasteiger partial charge in [0.1, 0.15) is 0 Å². The van der Waals surface area contributed by atoms with Gasteiger partial charge in [0.15, 0.2) is 0 Å². The molecule has 2 N–H and O–H groups in total. The van der Waals surface area contributed by atoms with Crippen molar-refractivity contribution < 1.29 is 5.11 Å². The smallest absolute Gasteiger partial charge is 0.0922 e. The van der Waals surface area contributed by atoms with E-state index < -0.39 is 6.10 Å². The maximum Gasteiger partial charge on any atom is 0.0922 e. The van der Waals surface area contributed by atoms with E-state index in [1.807, 2.05) is 35.0 Å². The number of nitrogens with one attached hydrogen (secondary N) is 1. The zero-order chi connectivity index (χ0) is 13.0. The first-order valence-corrected chi connectivity index (χ1v) is 7.63. The molecule has 1 unspecified atom stereocenters. The second-order valence-electron chi connectivity index (χ2n) is 3.95. The Morgan fingerprint density at radius 2 is 2.22 bits per heavy atom. The Kier molecular flexibility index (Phi) is 5.21. The molecule has 0 bridgehead atoms. The summed E-state index contributed by atoms with van der Waals surface area (Å²) < 4.78 is 0.891. The van der Waals surface area contributed by atoms with Crippen molar-refractivity contribution in [2.24, 2.45) is 0 Å². The van der Waals surface area contributed by atoms with Crippen LogP contribution in [0.3, 0.4) is 0 Å². The van der Waals surface area contributed by atoms with E-state index in [0.29, 0.717) is 18.1 Å². The molecule has 0 amide bonds. The number of hydrogen-bond acceptors (Lipinski definition) is 3. The first-order valence-electron chi connectivity index (χ1n) is 5.51. The van der Waals surface area contributed by atoms with E-state index in [9.17, 15) is 5.11 Å². The van der Waals surface area contributed by atoms with Crippen molar-refractivity contribution in [1.82, 2.24) is 5.32 Å². The number of benzene rings is 1. The molecular formula is C13H13BrClNOS. The van der Waals surface area contributed by atoms with Gasteiger partial charge in [0.25, 0.3) is 0 Å². The Morgan fingerprint density at radius 3 is 2.89 bits per heavy atom. The number of halogens is 2. The lowest BCUT2D eigenvalue weighted by Crippen LogP contribution is -2.20. The van der Waals surface area contributed by atoms with Crippen molar-refractivity contribution in [3.63, 3.8) is 0 Å². The van der Waals surface area contributed by atoms with Crippen LogP contribution in [0, 0.1) is 0 Å². The molecule has 0 fully saturated rings. The lowest BCUT2D eigenvalue weighted by atomic mass is 10.2. The third kappa shape index (κ3) is 3.80. The number of aliphatic hydroxyl groups excluding tert-OH is 1. The highest BCUT2D eigenvalue weighted by molar-refractivity contribution is 9.10. The Labute approximate surface area is 124 Å². The highest BCUT2D eigenvalue weighted by atomic mass is 79.9. The molecule has 18 heavy (non-hydrogen) atoms. The predicted octanol–water partition coefficient (Wildman–Crippen LogP) is 3.99. The maximum atomic E-state index is 9.90. The largest absolute Gasteiger partial charge is 0.387 e. The van der Waals surface area contributed by atoms with Crippen LogP contribution in [0.1, 0.15) is 17.2 Å². The summed E-state index contributed by atoms with van der Waals surface area (Å²) in [6.07, 6.45) is -0.452. The van der Waals surface area contributed by atoms with Gasteiger partial charge in [-0.15, -0.1) is 0 Å². The van der Waals surface area contributed by atoms with Crippen LogP contribution in [0.4, 0.5) is 0 Å². The molecule has 0 spiro atoms. The third-order valence-electron chi connectivity index (χ3n) is 2.58. The number of thiophene rings is 1. The molecule has 0 saturated carbocycles. The monoisotopic (exact) mass is 345 g/mol. The SMILES string of the molecule is OC(CNCc1ccc(Cl)c(Br)c1)c1ccsc1. The van der Waals surface area contributed by atoms with Crippen molar-refractivity contribution in [1.29, 1.82) is 0 Å². The summed E-state index contributed by atoms with van der Waals surface area (Å²) in [4.78, 5) is 0. The standard InChI is InChI=1S/C13H13BrClNOS/c14-11-5-9(1-2-12(11)15)6-16-7-13(17)10-3-4-18-8-10/h1-5,8,13,16-17H,6-7H2. The van der Waals surface area contributed by atoms with E-state index in [4.69, 9.17) is 11.6 Å². The van der Waals surface area contributed by atoms with E-state index >= 15 is 0 Å². The fourth-order valence-electron chi connectivity index (χ4n) is 1.59. The van der Waals surface area contributed by atoms with Gasteiger partial charge in [-0.05, 0) is 56.0 Å². The van der Waals surface area contributed by atoms with Crippen LogP contribution in [0.25, 0.3) is 0 Å². The summed E-state index contributed by atoms with van der Waals surface area (Å²) in [5, 5.41) is 17.8. The summed E-state index contributed by atoms with van der Waals surface area (Å²) >= 11 is 10.9. The average Bonchev–Trinajstić information content (AvgIpc) is 2.87. The lowest BCUT2D eigenvalue weighted by molar-refractivity contribution is 0.175. The zero-order valence-electron chi connectivity index (χ0n) is 9.57. The van der Waals surface area contributed by atoms with Gasteiger partial charge in [-0.25, -0.2) is 0 Å². The molecule has 2 nitrogen and oxygen atoms in total. The van der Waals surface area contributed by atoms with E-state index in [1.54, 1.807) is 11.3 Å². The first-order chi connectivity index (χ1) is 8.66. The molecular weight excluding hydrogens is 334 g/mol. The zero-order valence-corrected chi connectivity index (χ0v) is 12.7. The average molecular weight is 347 g/mol. The van der Waals surface area contributed by atoms with Gasteiger partial charge in [0.2, 0.25) is 0 Å².